The van der Waals surface area contributed by atoms with E-state index in [1.807, 2.05) is 24.3 Å². The SMILES string of the molecule is CCc1cccc(NCc2ccc(CO)cc2)c1. The van der Waals surface area contributed by atoms with Gasteiger partial charge in [0.25, 0.3) is 0 Å². The monoisotopic (exact) mass is 241 g/mol. The van der Waals surface area contributed by atoms with Gasteiger partial charge in [0.15, 0.2) is 0 Å². The number of aliphatic hydroxyl groups excluding tert-OH is 1. The molecule has 0 atom stereocenters. The van der Waals surface area contributed by atoms with Crippen LogP contribution in [0.1, 0.15) is 23.6 Å². The van der Waals surface area contributed by atoms with Gasteiger partial charge in [0.2, 0.25) is 0 Å². The Hall–Kier alpha value is -1.80. The van der Waals surface area contributed by atoms with Crippen LogP contribution in [-0.2, 0) is 19.6 Å². The average Bonchev–Trinajstić information content (AvgIpc) is 2.46. The molecule has 2 aromatic rings. The Kier molecular flexibility index (Phi) is 4.37. The number of hydrogen-bond donors (Lipinski definition) is 2. The van der Waals surface area contributed by atoms with Gasteiger partial charge in [-0.1, -0.05) is 43.3 Å². The molecule has 0 saturated carbocycles. The maximum Gasteiger partial charge on any atom is 0.0681 e. The maximum atomic E-state index is 8.98. The second-order valence-electron chi connectivity index (χ2n) is 4.38. The molecule has 0 fully saturated rings. The van der Waals surface area contributed by atoms with Crippen LogP contribution < -0.4 is 5.32 Å². The third kappa shape index (κ3) is 3.34. The van der Waals surface area contributed by atoms with Crippen LogP contribution in [0, 0.1) is 0 Å². The van der Waals surface area contributed by atoms with E-state index in [1.54, 1.807) is 0 Å². The first-order valence-electron chi connectivity index (χ1n) is 6.33. The minimum Gasteiger partial charge on any atom is -0.392 e. The number of aliphatic hydroxyl groups is 1. The fourth-order valence-electron chi connectivity index (χ4n) is 1.87. The average molecular weight is 241 g/mol. The van der Waals surface area contributed by atoms with Crippen molar-refractivity contribution in [2.75, 3.05) is 5.32 Å². The zero-order valence-electron chi connectivity index (χ0n) is 10.7. The number of nitrogens with one attached hydrogen (secondary N) is 1. The number of rotatable bonds is 5. The first-order valence-corrected chi connectivity index (χ1v) is 6.33. The second kappa shape index (κ2) is 6.22. The van der Waals surface area contributed by atoms with Crippen molar-refractivity contribution in [3.8, 4) is 0 Å². The summed E-state index contributed by atoms with van der Waals surface area (Å²) in [6.07, 6.45) is 1.06. The van der Waals surface area contributed by atoms with Crippen LogP contribution in [-0.4, -0.2) is 5.11 Å². The molecule has 0 heterocycles. The van der Waals surface area contributed by atoms with Crippen LogP contribution in [0.15, 0.2) is 48.5 Å². The molecule has 0 aromatic heterocycles. The predicted molar refractivity (Wildman–Crippen MR) is 75.5 cm³/mol. The van der Waals surface area contributed by atoms with Gasteiger partial charge in [-0.2, -0.15) is 0 Å². The van der Waals surface area contributed by atoms with Crippen molar-refractivity contribution >= 4 is 5.69 Å². The molecule has 0 aliphatic carbocycles. The number of anilines is 1. The highest BCUT2D eigenvalue weighted by molar-refractivity contribution is 5.46. The van der Waals surface area contributed by atoms with E-state index in [0.717, 1.165) is 24.2 Å². The smallest absolute Gasteiger partial charge is 0.0681 e. The minimum absolute atomic E-state index is 0.103. The van der Waals surface area contributed by atoms with Gasteiger partial charge in [0.1, 0.15) is 0 Å². The lowest BCUT2D eigenvalue weighted by Crippen LogP contribution is -2.00. The standard InChI is InChI=1S/C16H19NO/c1-2-13-4-3-5-16(10-13)17-11-14-6-8-15(12-18)9-7-14/h3-10,17-18H,2,11-12H2,1H3. The first kappa shape index (κ1) is 12.7. The summed E-state index contributed by atoms with van der Waals surface area (Å²) in [4.78, 5) is 0. The van der Waals surface area contributed by atoms with Crippen LogP contribution >= 0.6 is 0 Å². The summed E-state index contributed by atoms with van der Waals surface area (Å²) in [6.45, 7) is 3.07. The Balaban J connectivity index is 1.97. The molecule has 0 spiro atoms. The molecular formula is C16H19NO. The van der Waals surface area contributed by atoms with Gasteiger partial charge >= 0.3 is 0 Å². The molecule has 2 aromatic carbocycles. The Morgan fingerprint density at radius 2 is 1.67 bits per heavy atom. The zero-order valence-corrected chi connectivity index (χ0v) is 10.7. The zero-order chi connectivity index (χ0) is 12.8. The molecule has 94 valence electrons. The number of aryl methyl sites for hydroxylation is 1. The Labute approximate surface area is 108 Å². The Morgan fingerprint density at radius 1 is 0.944 bits per heavy atom. The van der Waals surface area contributed by atoms with Crippen LogP contribution in [0.5, 0.6) is 0 Å². The predicted octanol–water partition coefficient (Wildman–Crippen LogP) is 3.35. The third-order valence-electron chi connectivity index (χ3n) is 3.04. The van der Waals surface area contributed by atoms with E-state index in [9.17, 15) is 0 Å². The lowest BCUT2D eigenvalue weighted by Gasteiger charge is -2.08. The van der Waals surface area contributed by atoms with Crippen LogP contribution in [0.2, 0.25) is 0 Å². The highest BCUT2D eigenvalue weighted by atomic mass is 16.3. The van der Waals surface area contributed by atoms with E-state index in [-0.39, 0.29) is 6.61 Å². The van der Waals surface area contributed by atoms with Crippen LogP contribution in [0.25, 0.3) is 0 Å². The van der Waals surface area contributed by atoms with E-state index in [0.29, 0.717) is 0 Å². The highest BCUT2D eigenvalue weighted by Crippen LogP contribution is 2.13. The van der Waals surface area contributed by atoms with Gasteiger partial charge in [-0.15, -0.1) is 0 Å². The summed E-state index contributed by atoms with van der Waals surface area (Å²) >= 11 is 0. The van der Waals surface area contributed by atoms with Crippen molar-refractivity contribution in [1.29, 1.82) is 0 Å². The Morgan fingerprint density at radius 3 is 2.33 bits per heavy atom. The van der Waals surface area contributed by atoms with Crippen molar-refractivity contribution in [3.63, 3.8) is 0 Å². The molecule has 2 N–H and O–H groups in total. The molecule has 2 rings (SSSR count). The van der Waals surface area contributed by atoms with Crippen molar-refractivity contribution in [2.24, 2.45) is 0 Å². The van der Waals surface area contributed by atoms with Gasteiger partial charge in [0.05, 0.1) is 6.61 Å². The summed E-state index contributed by atoms with van der Waals surface area (Å²) in [7, 11) is 0. The van der Waals surface area contributed by atoms with Gasteiger partial charge in [-0.3, -0.25) is 0 Å². The first-order chi connectivity index (χ1) is 8.81. The van der Waals surface area contributed by atoms with Crippen molar-refractivity contribution in [3.05, 3.63) is 65.2 Å². The Bertz CT molecular complexity index is 491. The van der Waals surface area contributed by atoms with Crippen LogP contribution in [0.3, 0.4) is 0 Å². The molecule has 0 aliphatic heterocycles. The molecule has 0 aliphatic rings. The molecule has 0 unspecified atom stereocenters. The molecule has 0 saturated heterocycles. The summed E-state index contributed by atoms with van der Waals surface area (Å²) in [5.41, 5.74) is 4.66. The van der Waals surface area contributed by atoms with Gasteiger partial charge in [-0.05, 0) is 35.2 Å². The third-order valence-corrected chi connectivity index (χ3v) is 3.04. The lowest BCUT2D eigenvalue weighted by molar-refractivity contribution is 0.282. The second-order valence-corrected chi connectivity index (χ2v) is 4.38. The number of hydrogen-bond acceptors (Lipinski definition) is 2. The summed E-state index contributed by atoms with van der Waals surface area (Å²) < 4.78 is 0. The van der Waals surface area contributed by atoms with Crippen molar-refractivity contribution < 1.29 is 5.11 Å². The van der Waals surface area contributed by atoms with E-state index in [4.69, 9.17) is 5.11 Å². The fourth-order valence-corrected chi connectivity index (χ4v) is 1.87. The summed E-state index contributed by atoms with van der Waals surface area (Å²) in [6, 6.07) is 16.5. The minimum atomic E-state index is 0.103. The fraction of sp³-hybridized carbons (Fsp3) is 0.250. The maximum absolute atomic E-state index is 8.98. The molecule has 0 bridgehead atoms. The van der Waals surface area contributed by atoms with E-state index in [1.165, 1.54) is 11.1 Å². The number of benzene rings is 2. The largest absolute Gasteiger partial charge is 0.392 e. The normalized spacial score (nSPS) is 10.3. The van der Waals surface area contributed by atoms with Gasteiger partial charge in [0, 0.05) is 12.2 Å². The molecule has 2 heteroatoms. The molecule has 18 heavy (non-hydrogen) atoms. The van der Waals surface area contributed by atoms with Gasteiger partial charge in [-0.25, -0.2) is 0 Å². The molecule has 0 amide bonds. The van der Waals surface area contributed by atoms with Gasteiger partial charge < -0.3 is 10.4 Å². The van der Waals surface area contributed by atoms with Crippen LogP contribution in [0.4, 0.5) is 5.69 Å². The van der Waals surface area contributed by atoms with E-state index >= 15 is 0 Å². The summed E-state index contributed by atoms with van der Waals surface area (Å²) in [5.74, 6) is 0. The van der Waals surface area contributed by atoms with Crippen molar-refractivity contribution in [2.45, 2.75) is 26.5 Å². The van der Waals surface area contributed by atoms with E-state index < -0.39 is 0 Å². The molecular weight excluding hydrogens is 222 g/mol. The van der Waals surface area contributed by atoms with E-state index in [2.05, 4.69) is 36.5 Å². The lowest BCUT2D eigenvalue weighted by atomic mass is 10.1. The van der Waals surface area contributed by atoms with Crippen molar-refractivity contribution in [1.82, 2.24) is 0 Å². The molecule has 0 radical (unpaired) electrons. The quantitative estimate of drug-likeness (QED) is 0.841. The highest BCUT2D eigenvalue weighted by Gasteiger charge is 1.96. The molecule has 2 nitrogen and oxygen atoms in total. The summed E-state index contributed by atoms with van der Waals surface area (Å²) in [5, 5.41) is 12.4. The topological polar surface area (TPSA) is 32.3 Å².